The molecule has 4 rings (SSSR count). The van der Waals surface area contributed by atoms with E-state index in [0.717, 1.165) is 11.1 Å². The van der Waals surface area contributed by atoms with Crippen LogP contribution in [-0.4, -0.2) is 10.9 Å². The van der Waals surface area contributed by atoms with Crippen LogP contribution in [0.15, 0.2) is 71.1 Å². The number of amides is 1. The number of nitrogens with zero attached hydrogens (tertiary/aromatic N) is 1. The van der Waals surface area contributed by atoms with Crippen LogP contribution in [0.25, 0.3) is 22.6 Å². The Morgan fingerprint density at radius 1 is 0.926 bits per heavy atom. The molecule has 0 atom stereocenters. The van der Waals surface area contributed by atoms with Crippen molar-refractivity contribution in [1.82, 2.24) is 4.98 Å². The molecule has 0 spiro atoms. The Morgan fingerprint density at radius 3 is 2.30 bits per heavy atom. The first-order valence-corrected chi connectivity index (χ1v) is 9.03. The maximum absolute atomic E-state index is 12.3. The van der Waals surface area contributed by atoms with E-state index in [4.69, 9.17) is 27.6 Å². The van der Waals surface area contributed by atoms with E-state index in [1.165, 1.54) is 0 Å². The van der Waals surface area contributed by atoms with Crippen LogP contribution in [0.3, 0.4) is 0 Å². The first kappa shape index (κ1) is 17.6. The number of aromatic nitrogens is 1. The van der Waals surface area contributed by atoms with Gasteiger partial charge in [0.1, 0.15) is 5.52 Å². The minimum atomic E-state index is -0.113. The minimum Gasteiger partial charge on any atom is -0.436 e. The van der Waals surface area contributed by atoms with E-state index in [9.17, 15) is 4.79 Å². The molecule has 0 aliphatic carbocycles. The van der Waals surface area contributed by atoms with E-state index in [0.29, 0.717) is 32.7 Å². The normalized spacial score (nSPS) is 10.9. The van der Waals surface area contributed by atoms with Crippen LogP contribution in [0.4, 0.5) is 5.69 Å². The molecular formula is C21H14Cl2N2O2. The highest BCUT2D eigenvalue weighted by Crippen LogP contribution is 2.27. The second kappa shape index (κ2) is 7.43. The van der Waals surface area contributed by atoms with Crippen molar-refractivity contribution >= 4 is 45.9 Å². The number of rotatable bonds is 4. The number of anilines is 1. The summed E-state index contributed by atoms with van der Waals surface area (Å²) in [5.74, 6) is 0.393. The molecule has 0 aliphatic rings. The topological polar surface area (TPSA) is 55.1 Å². The third kappa shape index (κ3) is 4.13. The molecule has 0 aliphatic heterocycles. The standard InChI is InChI=1S/C21H14Cl2N2O2/c22-15-5-1-13(2-6-15)11-20(26)24-17-9-10-19-18(12-17)25-21(27-19)14-3-7-16(23)8-4-14/h1-10,12H,11H2,(H,24,26). The second-order valence-corrected chi connectivity index (χ2v) is 6.93. The lowest BCUT2D eigenvalue weighted by Gasteiger charge is -2.05. The van der Waals surface area contributed by atoms with Gasteiger partial charge < -0.3 is 9.73 Å². The van der Waals surface area contributed by atoms with Crippen LogP contribution < -0.4 is 5.32 Å². The van der Waals surface area contributed by atoms with Crippen molar-refractivity contribution in [2.45, 2.75) is 6.42 Å². The van der Waals surface area contributed by atoms with Gasteiger partial charge in [0.15, 0.2) is 5.58 Å². The van der Waals surface area contributed by atoms with Crippen LogP contribution >= 0.6 is 23.2 Å². The van der Waals surface area contributed by atoms with Gasteiger partial charge in [0.05, 0.1) is 6.42 Å². The predicted molar refractivity (Wildman–Crippen MR) is 108 cm³/mol. The molecule has 0 bridgehead atoms. The summed E-state index contributed by atoms with van der Waals surface area (Å²) in [6.07, 6.45) is 0.268. The summed E-state index contributed by atoms with van der Waals surface area (Å²) in [7, 11) is 0. The Labute approximate surface area is 165 Å². The minimum absolute atomic E-state index is 0.113. The van der Waals surface area contributed by atoms with Crippen molar-refractivity contribution in [2.75, 3.05) is 5.32 Å². The van der Waals surface area contributed by atoms with Crippen molar-refractivity contribution in [3.63, 3.8) is 0 Å². The lowest BCUT2D eigenvalue weighted by molar-refractivity contribution is -0.115. The van der Waals surface area contributed by atoms with Crippen molar-refractivity contribution in [1.29, 1.82) is 0 Å². The van der Waals surface area contributed by atoms with E-state index in [1.807, 2.05) is 24.3 Å². The van der Waals surface area contributed by atoms with Crippen LogP contribution in [0, 0.1) is 0 Å². The smallest absolute Gasteiger partial charge is 0.228 e. The number of oxazole rings is 1. The Bertz CT molecular complexity index is 1100. The number of carbonyl (C=O) groups is 1. The fourth-order valence-electron chi connectivity index (χ4n) is 2.71. The number of hydrogen-bond acceptors (Lipinski definition) is 3. The molecule has 6 heteroatoms. The molecule has 0 fully saturated rings. The van der Waals surface area contributed by atoms with Crippen LogP contribution in [0.2, 0.25) is 10.0 Å². The molecule has 27 heavy (non-hydrogen) atoms. The summed E-state index contributed by atoms with van der Waals surface area (Å²) in [4.78, 5) is 16.8. The van der Waals surface area contributed by atoms with Gasteiger partial charge in [-0.3, -0.25) is 4.79 Å². The molecule has 4 nitrogen and oxygen atoms in total. The first-order valence-electron chi connectivity index (χ1n) is 8.28. The fraction of sp³-hybridized carbons (Fsp3) is 0.0476. The van der Waals surface area contributed by atoms with Gasteiger partial charge in [0, 0.05) is 21.3 Å². The monoisotopic (exact) mass is 396 g/mol. The van der Waals surface area contributed by atoms with Gasteiger partial charge in [0.2, 0.25) is 11.8 Å². The highest BCUT2D eigenvalue weighted by molar-refractivity contribution is 6.30. The van der Waals surface area contributed by atoms with Gasteiger partial charge in [-0.1, -0.05) is 35.3 Å². The maximum atomic E-state index is 12.3. The van der Waals surface area contributed by atoms with E-state index < -0.39 is 0 Å². The molecule has 4 aromatic rings. The summed E-state index contributed by atoms with van der Waals surface area (Å²) < 4.78 is 5.78. The molecule has 134 valence electrons. The second-order valence-electron chi connectivity index (χ2n) is 6.06. The zero-order chi connectivity index (χ0) is 18.8. The summed E-state index contributed by atoms with van der Waals surface area (Å²) in [6, 6.07) is 19.8. The van der Waals surface area contributed by atoms with Crippen molar-refractivity contribution < 1.29 is 9.21 Å². The third-order valence-corrected chi connectivity index (χ3v) is 4.54. The quantitative estimate of drug-likeness (QED) is 0.461. The molecule has 3 aromatic carbocycles. The Morgan fingerprint density at radius 2 is 1.59 bits per heavy atom. The highest BCUT2D eigenvalue weighted by atomic mass is 35.5. The molecule has 0 unspecified atom stereocenters. The summed E-state index contributed by atoms with van der Waals surface area (Å²) in [5, 5.41) is 4.18. The van der Waals surface area contributed by atoms with E-state index in [1.54, 1.807) is 42.5 Å². The Balaban J connectivity index is 1.51. The SMILES string of the molecule is O=C(Cc1ccc(Cl)cc1)Nc1ccc2oc(-c3ccc(Cl)cc3)nc2c1. The summed E-state index contributed by atoms with van der Waals surface area (Å²) >= 11 is 11.8. The number of fused-ring (bicyclic) bond motifs is 1. The Kier molecular flexibility index (Phi) is 4.84. The van der Waals surface area contributed by atoms with Gasteiger partial charge in [0.25, 0.3) is 0 Å². The average molecular weight is 397 g/mol. The van der Waals surface area contributed by atoms with E-state index in [2.05, 4.69) is 10.3 Å². The number of nitrogens with one attached hydrogen (secondary N) is 1. The van der Waals surface area contributed by atoms with Crippen LogP contribution in [0.1, 0.15) is 5.56 Å². The van der Waals surface area contributed by atoms with Crippen molar-refractivity contribution in [3.8, 4) is 11.5 Å². The number of carbonyl (C=O) groups excluding carboxylic acids is 1. The van der Waals surface area contributed by atoms with Gasteiger partial charge >= 0.3 is 0 Å². The van der Waals surface area contributed by atoms with Crippen molar-refractivity contribution in [3.05, 3.63) is 82.3 Å². The molecule has 1 N–H and O–H groups in total. The number of benzene rings is 3. The van der Waals surface area contributed by atoms with Crippen molar-refractivity contribution in [2.24, 2.45) is 0 Å². The van der Waals surface area contributed by atoms with Crippen LogP contribution in [0.5, 0.6) is 0 Å². The number of hydrogen-bond donors (Lipinski definition) is 1. The molecule has 1 heterocycles. The molecule has 0 radical (unpaired) electrons. The zero-order valence-corrected chi connectivity index (χ0v) is 15.6. The van der Waals surface area contributed by atoms with Gasteiger partial charge in [-0.25, -0.2) is 4.98 Å². The van der Waals surface area contributed by atoms with E-state index in [-0.39, 0.29) is 12.3 Å². The molecule has 1 amide bonds. The first-order chi connectivity index (χ1) is 13.1. The zero-order valence-electron chi connectivity index (χ0n) is 14.1. The predicted octanol–water partition coefficient (Wildman–Crippen LogP) is 5.98. The largest absolute Gasteiger partial charge is 0.436 e. The lowest BCUT2D eigenvalue weighted by atomic mass is 10.1. The molecule has 1 aromatic heterocycles. The third-order valence-electron chi connectivity index (χ3n) is 4.04. The van der Waals surface area contributed by atoms with E-state index >= 15 is 0 Å². The average Bonchev–Trinajstić information content (AvgIpc) is 3.07. The van der Waals surface area contributed by atoms with Gasteiger partial charge in [-0.2, -0.15) is 0 Å². The molecular weight excluding hydrogens is 383 g/mol. The number of halogens is 2. The van der Waals surface area contributed by atoms with Gasteiger partial charge in [-0.15, -0.1) is 0 Å². The highest BCUT2D eigenvalue weighted by Gasteiger charge is 2.10. The lowest BCUT2D eigenvalue weighted by Crippen LogP contribution is -2.14. The van der Waals surface area contributed by atoms with Gasteiger partial charge in [-0.05, 0) is 60.2 Å². The molecule has 0 saturated carbocycles. The van der Waals surface area contributed by atoms with Crippen LogP contribution in [-0.2, 0) is 11.2 Å². The molecule has 0 saturated heterocycles. The Hall–Kier alpha value is -2.82. The summed E-state index contributed by atoms with van der Waals surface area (Å²) in [6.45, 7) is 0. The maximum Gasteiger partial charge on any atom is 0.228 e. The summed E-state index contributed by atoms with van der Waals surface area (Å²) in [5.41, 5.74) is 3.71. The fourth-order valence-corrected chi connectivity index (χ4v) is 2.97.